The van der Waals surface area contributed by atoms with Crippen molar-refractivity contribution in [2.75, 3.05) is 159 Å². The summed E-state index contributed by atoms with van der Waals surface area (Å²) in [5.74, 6) is -2.50. The van der Waals surface area contributed by atoms with Gasteiger partial charge in [0.05, 0.1) is 159 Å². The van der Waals surface area contributed by atoms with Gasteiger partial charge in [0.15, 0.2) is 0 Å². The molecule has 0 aliphatic carbocycles. The molecule has 506 valence electrons. The molecular formula is C26H63F2O45P11. The maximum Gasteiger partial charge on any atom is 0.472 e. The minimum atomic E-state index is -5.01. The summed E-state index contributed by atoms with van der Waals surface area (Å²) in [5, 5.41) is 8.84. The van der Waals surface area contributed by atoms with Gasteiger partial charge >= 0.3 is 86.0 Å². The van der Waals surface area contributed by atoms with Crippen molar-refractivity contribution in [2.45, 2.75) is 0 Å². The summed E-state index contributed by atoms with van der Waals surface area (Å²) in [6, 6.07) is 0. The summed E-state index contributed by atoms with van der Waals surface area (Å²) in [5.41, 5.74) is 0. The van der Waals surface area contributed by atoms with Gasteiger partial charge in [-0.05, 0) is 0 Å². The Morgan fingerprint density at radius 3 is 0.488 bits per heavy atom. The molecule has 0 aliphatic heterocycles. The molecule has 0 bridgehead atoms. The predicted octanol–water partition coefficient (Wildman–Crippen LogP) is 1.60. The van der Waals surface area contributed by atoms with Crippen molar-refractivity contribution in [3.05, 3.63) is 0 Å². The van der Waals surface area contributed by atoms with Gasteiger partial charge in [-0.25, -0.2) is 50.2 Å². The average Bonchev–Trinajstić information content (AvgIpc) is 3.38. The smallest absolute Gasteiger partial charge is 0.396 e. The normalized spacial score (nSPS) is 20.5. The zero-order valence-corrected chi connectivity index (χ0v) is 52.5. The van der Waals surface area contributed by atoms with E-state index in [0.717, 1.165) is 0 Å². The summed E-state index contributed by atoms with van der Waals surface area (Å²) in [6.07, 6.45) is 0. The molecular weight excluding hydrogens is 1410 g/mol. The third-order valence-electron chi connectivity index (χ3n) is 7.45. The van der Waals surface area contributed by atoms with Gasteiger partial charge in [0.25, 0.3) is 0 Å². The van der Waals surface area contributed by atoms with Crippen LogP contribution in [0.4, 0.5) is 8.78 Å². The van der Waals surface area contributed by atoms with Crippen LogP contribution in [-0.2, 0) is 145 Å². The molecule has 0 aromatic rings. The van der Waals surface area contributed by atoms with E-state index in [2.05, 4.69) is 95.0 Å². The highest BCUT2D eigenvalue weighted by atomic mass is 31.2. The molecule has 13 N–H and O–H groups in total. The lowest BCUT2D eigenvalue weighted by molar-refractivity contribution is 0.0691. The van der Waals surface area contributed by atoms with Crippen molar-refractivity contribution < 1.29 is 218 Å². The Hall–Kier alpha value is 1.03. The van der Waals surface area contributed by atoms with Crippen LogP contribution in [0.3, 0.4) is 0 Å². The molecule has 0 aromatic heterocycles. The summed E-state index contributed by atoms with van der Waals surface area (Å²) in [6.45, 7) is -21.9. The summed E-state index contributed by atoms with van der Waals surface area (Å²) in [4.78, 5) is 114. The first-order chi connectivity index (χ1) is 38.5. The lowest BCUT2D eigenvalue weighted by atomic mass is 10.2. The van der Waals surface area contributed by atoms with Crippen LogP contribution in [0, 0.1) is 11.8 Å². The molecule has 12 atom stereocenters. The van der Waals surface area contributed by atoms with Crippen LogP contribution >= 0.6 is 86.0 Å². The van der Waals surface area contributed by atoms with E-state index in [0.29, 0.717) is 0 Å². The number of rotatable bonds is 57. The molecule has 0 amide bonds. The largest absolute Gasteiger partial charge is 0.472 e. The highest BCUT2D eigenvalue weighted by Crippen LogP contribution is 2.51. The molecule has 0 radical (unpaired) electrons. The number of phosphoric acid groups is 11. The van der Waals surface area contributed by atoms with Gasteiger partial charge in [0.1, 0.15) is 0 Å². The van der Waals surface area contributed by atoms with Crippen molar-refractivity contribution in [2.24, 2.45) is 11.8 Å². The molecule has 45 nitrogen and oxygen atoms in total. The van der Waals surface area contributed by atoms with Crippen molar-refractivity contribution in [1.82, 2.24) is 0 Å². The van der Waals surface area contributed by atoms with Gasteiger partial charge in [-0.3, -0.25) is 104 Å². The molecule has 58 heteroatoms. The van der Waals surface area contributed by atoms with Crippen molar-refractivity contribution in [3.63, 3.8) is 0 Å². The zero-order valence-electron chi connectivity index (χ0n) is 42.7. The van der Waals surface area contributed by atoms with Crippen LogP contribution in [0.15, 0.2) is 0 Å². The fourth-order valence-electron chi connectivity index (χ4n) is 4.00. The van der Waals surface area contributed by atoms with Crippen LogP contribution in [-0.4, -0.2) is 223 Å². The summed E-state index contributed by atoms with van der Waals surface area (Å²) in [7, 11) is -54.5. The highest BCUT2D eigenvalue weighted by molar-refractivity contribution is 7.50. The predicted molar refractivity (Wildman–Crippen MR) is 261 cm³/mol. The first kappa shape index (κ1) is 85.0. The van der Waals surface area contributed by atoms with E-state index in [1.165, 1.54) is 0 Å². The quantitative estimate of drug-likeness (QED) is 0.0304. The molecule has 84 heavy (non-hydrogen) atoms. The zero-order chi connectivity index (χ0) is 64.5. The van der Waals surface area contributed by atoms with Crippen LogP contribution in [0.2, 0.25) is 0 Å². The number of alkyl halides is 2. The number of aliphatic hydroxyl groups is 1. The second-order valence-electron chi connectivity index (χ2n) is 14.3. The van der Waals surface area contributed by atoms with Gasteiger partial charge in [0, 0.05) is 11.8 Å². The van der Waals surface area contributed by atoms with Gasteiger partial charge < -0.3 is 63.8 Å². The standard InChI is InChI=1S/C26H63F2O45P11/c27-19-25(21-29)22-72-83(49,50)69-17-15-67-81(45,46)65-13-11-63-79(41,42)61-9-7-59-77(37,38)57-5-3-55-75(33,34)53-1-2-54-76(35,36)56-4-6-58-78(39,40)60-8-10-62-80(43,44)64-12-14-66-82(47,48)68-16-18-70-84(51,52)73-24-26(20-28)23-71-74(30,31)32/h25-26,29H,1-24H2,(H,33,34)(H,35,36)(H,37,38)(H,39,40)(H,41,42)(H,43,44)(H,45,46)(H,47,48)(H,49,50)(H,51,52)(H2,30,31,32). The SMILES string of the molecule is O=P(O)(O)OCC(CF)COP(=O)(O)OCCOP(=O)(O)OCCOP(=O)(O)OCCOP(=O)(O)OCCOP(=O)(O)OCCOP(=O)(O)OCCOP(=O)(O)OCCOP(=O)(O)OCCOP(=O)(O)OCCOP(=O)(O)OCC(CO)CF. The van der Waals surface area contributed by atoms with Crippen LogP contribution in [0.25, 0.3) is 0 Å². The molecule has 0 aromatic carbocycles. The minimum absolute atomic E-state index is 0.686. The van der Waals surface area contributed by atoms with E-state index in [1.54, 1.807) is 0 Å². The maximum absolute atomic E-state index is 12.9. The first-order valence-corrected chi connectivity index (χ1v) is 38.6. The minimum Gasteiger partial charge on any atom is -0.396 e. The van der Waals surface area contributed by atoms with Crippen LogP contribution in [0.1, 0.15) is 0 Å². The number of halogens is 2. The fourth-order valence-corrected chi connectivity index (χ4v) is 11.4. The lowest BCUT2D eigenvalue weighted by Crippen LogP contribution is -2.17. The van der Waals surface area contributed by atoms with Crippen molar-refractivity contribution >= 4 is 86.0 Å². The van der Waals surface area contributed by atoms with E-state index < -0.39 is 257 Å². The van der Waals surface area contributed by atoms with Crippen molar-refractivity contribution in [3.8, 4) is 0 Å². The van der Waals surface area contributed by atoms with E-state index in [-0.39, 0.29) is 0 Å². The van der Waals surface area contributed by atoms with Crippen molar-refractivity contribution in [1.29, 1.82) is 0 Å². The van der Waals surface area contributed by atoms with Gasteiger partial charge in [0.2, 0.25) is 0 Å². The molecule has 0 saturated heterocycles. The molecule has 0 saturated carbocycles. The number of hydrogen-bond acceptors (Lipinski definition) is 33. The second-order valence-corrected chi connectivity index (χ2v) is 30.1. The molecule has 0 heterocycles. The third kappa shape index (κ3) is 49.7. The Balaban J connectivity index is 4.27. The number of aliphatic hydroxyl groups excluding tert-OH is 1. The Morgan fingerprint density at radius 1 is 0.226 bits per heavy atom. The second kappa shape index (κ2) is 41.6. The van der Waals surface area contributed by atoms with Gasteiger partial charge in [-0.15, -0.1) is 0 Å². The molecule has 0 spiro atoms. The van der Waals surface area contributed by atoms with Crippen LogP contribution in [0.5, 0.6) is 0 Å². The number of phosphoric ester groups is 11. The topological polar surface area (TPSA) is 645 Å². The number of hydrogen-bond donors (Lipinski definition) is 13. The molecule has 0 rings (SSSR count). The maximum atomic E-state index is 12.9. The Kier molecular flexibility index (Phi) is 42.1. The monoisotopic (exact) mass is 1470 g/mol. The van der Waals surface area contributed by atoms with E-state index in [4.69, 9.17) is 14.9 Å². The van der Waals surface area contributed by atoms with E-state index in [9.17, 15) is 108 Å². The van der Waals surface area contributed by atoms with E-state index >= 15 is 0 Å². The fraction of sp³-hybridized carbons (Fsp3) is 1.00. The Morgan fingerprint density at radius 2 is 0.357 bits per heavy atom. The Labute approximate surface area is 473 Å². The average molecular weight is 1470 g/mol. The molecule has 0 fully saturated rings. The van der Waals surface area contributed by atoms with E-state index in [1.807, 2.05) is 0 Å². The Bertz CT molecular complexity index is 2410. The highest BCUT2D eigenvalue weighted by Gasteiger charge is 2.32. The third-order valence-corrected chi connectivity index (χ3v) is 18.0. The summed E-state index contributed by atoms with van der Waals surface area (Å²) >= 11 is 0. The van der Waals surface area contributed by atoms with Crippen LogP contribution < -0.4 is 0 Å². The first-order valence-electron chi connectivity index (χ1n) is 22.1. The molecule has 0 aliphatic rings. The summed E-state index contributed by atoms with van der Waals surface area (Å²) < 4.78 is 248. The van der Waals surface area contributed by atoms with Gasteiger partial charge in [-0.1, -0.05) is 0 Å². The van der Waals surface area contributed by atoms with Gasteiger partial charge in [-0.2, -0.15) is 0 Å². The molecule has 12 unspecified atom stereocenters. The lowest BCUT2D eigenvalue weighted by Gasteiger charge is -2.17.